The van der Waals surface area contributed by atoms with Crippen molar-refractivity contribution in [3.63, 3.8) is 0 Å². The third kappa shape index (κ3) is 5.16. The van der Waals surface area contributed by atoms with E-state index in [4.69, 9.17) is 4.74 Å². The fraction of sp³-hybridized carbons (Fsp3) is 0.300. The molecular formula is C20H25N2O3+. The molecule has 0 heterocycles. The van der Waals surface area contributed by atoms with Crippen molar-refractivity contribution in [2.45, 2.75) is 20.4 Å². The number of carbonyl (C=O) groups excluding carboxylic acids is 2. The largest absolute Gasteiger partial charge is 0.496 e. The minimum absolute atomic E-state index is 0.0684. The van der Waals surface area contributed by atoms with Gasteiger partial charge in [-0.1, -0.05) is 23.8 Å². The summed E-state index contributed by atoms with van der Waals surface area (Å²) in [6, 6.07) is 13.1. The Labute approximate surface area is 148 Å². The fourth-order valence-corrected chi connectivity index (χ4v) is 2.80. The first-order valence-corrected chi connectivity index (χ1v) is 8.25. The number of anilines is 1. The molecule has 0 aliphatic carbocycles. The number of carbonyl (C=O) groups is 2. The number of likely N-dealkylation sites (N-methyl/N-ethyl adjacent to an activating group) is 1. The molecule has 2 aromatic carbocycles. The SMILES string of the molecule is COc1ccc(C)cc1C[NH+](C)CC(=O)Nc1ccccc1C(C)=O. The Balaban J connectivity index is 2.02. The van der Waals surface area contributed by atoms with E-state index in [0.29, 0.717) is 24.3 Å². The number of hydrogen-bond donors (Lipinski definition) is 2. The Morgan fingerprint density at radius 1 is 1.16 bits per heavy atom. The zero-order chi connectivity index (χ0) is 18.4. The van der Waals surface area contributed by atoms with Gasteiger partial charge < -0.3 is 15.0 Å². The van der Waals surface area contributed by atoms with Gasteiger partial charge in [0, 0.05) is 11.1 Å². The Morgan fingerprint density at radius 2 is 1.88 bits per heavy atom. The van der Waals surface area contributed by atoms with E-state index in [0.717, 1.165) is 21.8 Å². The third-order valence-corrected chi connectivity index (χ3v) is 3.97. The predicted octanol–water partition coefficient (Wildman–Crippen LogP) is 1.86. The molecule has 5 nitrogen and oxygen atoms in total. The Bertz CT molecular complexity index is 771. The van der Waals surface area contributed by atoms with E-state index in [1.165, 1.54) is 6.92 Å². The third-order valence-electron chi connectivity index (χ3n) is 3.97. The topological polar surface area (TPSA) is 59.8 Å². The predicted molar refractivity (Wildman–Crippen MR) is 98.3 cm³/mol. The van der Waals surface area contributed by atoms with E-state index in [9.17, 15) is 9.59 Å². The standard InChI is InChI=1S/C20H24N2O3/c1-14-9-10-19(25-4)16(11-14)12-22(3)13-20(24)21-18-8-6-5-7-17(18)15(2)23/h5-11H,12-13H2,1-4H3,(H,21,24)/p+1. The minimum atomic E-state index is -0.127. The number of quaternary nitrogens is 1. The minimum Gasteiger partial charge on any atom is -0.496 e. The zero-order valence-electron chi connectivity index (χ0n) is 15.2. The molecule has 132 valence electrons. The average Bonchev–Trinajstić information content (AvgIpc) is 2.55. The van der Waals surface area contributed by atoms with Crippen molar-refractivity contribution >= 4 is 17.4 Å². The number of amides is 1. The Morgan fingerprint density at radius 3 is 2.56 bits per heavy atom. The monoisotopic (exact) mass is 341 g/mol. The second-order valence-electron chi connectivity index (χ2n) is 6.28. The highest BCUT2D eigenvalue weighted by atomic mass is 16.5. The number of nitrogens with one attached hydrogen (secondary N) is 2. The molecule has 0 aliphatic heterocycles. The van der Waals surface area contributed by atoms with Crippen LogP contribution in [0.15, 0.2) is 42.5 Å². The Hall–Kier alpha value is -2.66. The van der Waals surface area contributed by atoms with Crippen molar-refractivity contribution in [3.8, 4) is 5.75 Å². The van der Waals surface area contributed by atoms with Crippen LogP contribution in [-0.2, 0) is 11.3 Å². The van der Waals surface area contributed by atoms with Crippen molar-refractivity contribution < 1.29 is 19.2 Å². The Kier molecular flexibility index (Phi) is 6.31. The summed E-state index contributed by atoms with van der Waals surface area (Å²) in [5.74, 6) is 0.631. The normalized spacial score (nSPS) is 11.7. The summed E-state index contributed by atoms with van der Waals surface area (Å²) in [6.45, 7) is 4.49. The lowest BCUT2D eigenvalue weighted by Crippen LogP contribution is -3.08. The first-order chi connectivity index (χ1) is 11.9. The van der Waals surface area contributed by atoms with Gasteiger partial charge in [-0.2, -0.15) is 0 Å². The molecule has 0 aromatic heterocycles. The van der Waals surface area contributed by atoms with Gasteiger partial charge in [0.15, 0.2) is 12.3 Å². The van der Waals surface area contributed by atoms with Crippen molar-refractivity contribution in [3.05, 3.63) is 59.2 Å². The van der Waals surface area contributed by atoms with Crippen molar-refractivity contribution in [1.29, 1.82) is 0 Å². The van der Waals surface area contributed by atoms with E-state index in [-0.39, 0.29) is 11.7 Å². The lowest BCUT2D eigenvalue weighted by Gasteiger charge is -2.16. The zero-order valence-corrected chi connectivity index (χ0v) is 15.2. The molecule has 1 amide bonds. The summed E-state index contributed by atoms with van der Waals surface area (Å²) in [5.41, 5.74) is 3.30. The lowest BCUT2D eigenvalue weighted by atomic mass is 10.1. The molecule has 2 aromatic rings. The summed E-state index contributed by atoms with van der Waals surface area (Å²) in [6.07, 6.45) is 0. The van der Waals surface area contributed by atoms with Crippen LogP contribution in [0.4, 0.5) is 5.69 Å². The van der Waals surface area contributed by atoms with E-state index >= 15 is 0 Å². The van der Waals surface area contributed by atoms with Gasteiger partial charge in [0.1, 0.15) is 12.3 Å². The number of aryl methyl sites for hydroxylation is 1. The summed E-state index contributed by atoms with van der Waals surface area (Å²) in [4.78, 5) is 25.0. The maximum absolute atomic E-state index is 12.3. The van der Waals surface area contributed by atoms with Crippen LogP contribution in [0.3, 0.4) is 0 Å². The van der Waals surface area contributed by atoms with E-state index in [1.807, 2.05) is 26.1 Å². The van der Waals surface area contributed by atoms with Crippen LogP contribution >= 0.6 is 0 Å². The van der Waals surface area contributed by atoms with Gasteiger partial charge in [0.2, 0.25) is 0 Å². The fourth-order valence-electron chi connectivity index (χ4n) is 2.80. The molecule has 0 saturated heterocycles. The second-order valence-corrected chi connectivity index (χ2v) is 6.28. The summed E-state index contributed by atoms with van der Waals surface area (Å²) in [5, 5.41) is 2.84. The van der Waals surface area contributed by atoms with Gasteiger partial charge >= 0.3 is 0 Å². The van der Waals surface area contributed by atoms with E-state index in [2.05, 4.69) is 11.4 Å². The first kappa shape index (κ1) is 18.7. The molecule has 1 unspecified atom stereocenters. The molecule has 5 heteroatoms. The van der Waals surface area contributed by atoms with Crippen LogP contribution in [0, 0.1) is 6.92 Å². The van der Waals surface area contributed by atoms with Gasteiger partial charge in [-0.05, 0) is 38.1 Å². The highest BCUT2D eigenvalue weighted by Crippen LogP contribution is 2.18. The number of para-hydroxylation sites is 1. The summed E-state index contributed by atoms with van der Waals surface area (Å²) >= 11 is 0. The second kappa shape index (κ2) is 8.44. The van der Waals surface area contributed by atoms with Crippen LogP contribution < -0.4 is 15.0 Å². The molecule has 2 N–H and O–H groups in total. The van der Waals surface area contributed by atoms with Gasteiger partial charge in [-0.3, -0.25) is 9.59 Å². The van der Waals surface area contributed by atoms with Crippen molar-refractivity contribution in [2.75, 3.05) is 26.0 Å². The molecule has 1 atom stereocenters. The van der Waals surface area contributed by atoms with E-state index in [1.54, 1.807) is 31.4 Å². The number of rotatable bonds is 7. The number of Topliss-reactive ketones (excluding diaryl/α,β-unsaturated/α-hetero) is 1. The van der Waals surface area contributed by atoms with Crippen LogP contribution in [-0.4, -0.2) is 32.4 Å². The number of ketones is 1. The lowest BCUT2D eigenvalue weighted by molar-refractivity contribution is -0.885. The summed E-state index contributed by atoms with van der Waals surface area (Å²) in [7, 11) is 3.60. The molecule has 0 aliphatic rings. The van der Waals surface area contributed by atoms with Crippen LogP contribution in [0.2, 0.25) is 0 Å². The van der Waals surface area contributed by atoms with Crippen molar-refractivity contribution in [2.24, 2.45) is 0 Å². The smallest absolute Gasteiger partial charge is 0.279 e. The van der Waals surface area contributed by atoms with Crippen LogP contribution in [0.1, 0.15) is 28.4 Å². The first-order valence-electron chi connectivity index (χ1n) is 8.25. The highest BCUT2D eigenvalue weighted by molar-refractivity contribution is 6.03. The maximum atomic E-state index is 12.3. The molecule has 0 spiro atoms. The van der Waals surface area contributed by atoms with Gasteiger partial charge in [-0.15, -0.1) is 0 Å². The molecule has 2 rings (SSSR count). The van der Waals surface area contributed by atoms with Gasteiger partial charge in [0.05, 0.1) is 19.8 Å². The molecule has 25 heavy (non-hydrogen) atoms. The maximum Gasteiger partial charge on any atom is 0.279 e. The number of methoxy groups -OCH3 is 1. The number of hydrogen-bond acceptors (Lipinski definition) is 3. The molecular weight excluding hydrogens is 316 g/mol. The summed E-state index contributed by atoms with van der Waals surface area (Å²) < 4.78 is 5.39. The molecule has 0 saturated carbocycles. The van der Waals surface area contributed by atoms with Crippen LogP contribution in [0.5, 0.6) is 5.75 Å². The molecule has 0 bridgehead atoms. The van der Waals surface area contributed by atoms with Gasteiger partial charge in [-0.25, -0.2) is 0 Å². The average molecular weight is 341 g/mol. The quantitative estimate of drug-likeness (QED) is 0.756. The number of ether oxygens (including phenoxy) is 1. The van der Waals surface area contributed by atoms with Crippen LogP contribution in [0.25, 0.3) is 0 Å². The molecule has 0 fully saturated rings. The highest BCUT2D eigenvalue weighted by Gasteiger charge is 2.15. The van der Waals surface area contributed by atoms with Gasteiger partial charge in [0.25, 0.3) is 5.91 Å². The van der Waals surface area contributed by atoms with E-state index < -0.39 is 0 Å². The number of benzene rings is 2. The van der Waals surface area contributed by atoms with Crippen molar-refractivity contribution in [1.82, 2.24) is 0 Å². The molecule has 0 radical (unpaired) electrons.